The van der Waals surface area contributed by atoms with Crippen LogP contribution in [0.15, 0.2) is 4.99 Å². The Kier molecular flexibility index (Phi) is 7.51. The summed E-state index contributed by atoms with van der Waals surface area (Å²) in [6.45, 7) is 13.3. The van der Waals surface area contributed by atoms with Gasteiger partial charge in [-0.05, 0) is 39.0 Å². The van der Waals surface area contributed by atoms with Gasteiger partial charge in [-0.25, -0.2) is 14.6 Å². The fourth-order valence-electron chi connectivity index (χ4n) is 1.64. The number of carbonyl (C=O) groups excluding carboxylic acids is 2. The number of nitrogens with zero attached hydrogens (tertiary/aromatic N) is 2. The molecule has 1 amide bonds. The van der Waals surface area contributed by atoms with Crippen LogP contribution in [0.3, 0.4) is 0 Å². The first-order valence-electron chi connectivity index (χ1n) is 7.07. The zero-order valence-corrected chi connectivity index (χ0v) is 13.7. The van der Waals surface area contributed by atoms with Gasteiger partial charge in [-0.3, -0.25) is 0 Å². The van der Waals surface area contributed by atoms with Crippen molar-refractivity contribution in [2.45, 2.75) is 60.0 Å². The second-order valence-electron chi connectivity index (χ2n) is 7.10. The van der Waals surface area contributed by atoms with Crippen molar-refractivity contribution in [2.75, 3.05) is 19.6 Å². The maximum Gasteiger partial charge on any atom is 0.410 e. The molecule has 0 spiro atoms. The normalized spacial score (nSPS) is 11.7. The van der Waals surface area contributed by atoms with Gasteiger partial charge in [-0.2, -0.15) is 0 Å². The maximum atomic E-state index is 12.1. The molecule has 0 unspecified atom stereocenters. The zero-order chi connectivity index (χ0) is 15.8. The second kappa shape index (κ2) is 8.05. The molecule has 20 heavy (non-hydrogen) atoms. The lowest BCUT2D eigenvalue weighted by Gasteiger charge is -2.28. The van der Waals surface area contributed by atoms with E-state index in [1.807, 2.05) is 20.8 Å². The number of rotatable bonds is 6. The molecule has 0 aliphatic rings. The summed E-state index contributed by atoms with van der Waals surface area (Å²) >= 11 is 0. The van der Waals surface area contributed by atoms with Crippen molar-refractivity contribution < 1.29 is 14.3 Å². The average Bonchev–Trinajstić information content (AvgIpc) is 2.23. The first-order chi connectivity index (χ1) is 9.05. The molecule has 0 bridgehead atoms. The highest BCUT2D eigenvalue weighted by Gasteiger charge is 2.22. The van der Waals surface area contributed by atoms with Gasteiger partial charge in [-0.1, -0.05) is 20.8 Å². The molecule has 0 heterocycles. The first kappa shape index (κ1) is 18.7. The van der Waals surface area contributed by atoms with E-state index in [2.05, 4.69) is 25.8 Å². The molecule has 0 atom stereocenters. The summed E-state index contributed by atoms with van der Waals surface area (Å²) in [5.74, 6) is 0. The Balaban J connectivity index is 4.47. The second-order valence-corrected chi connectivity index (χ2v) is 7.10. The van der Waals surface area contributed by atoms with Crippen LogP contribution in [0.2, 0.25) is 0 Å². The van der Waals surface area contributed by atoms with Crippen LogP contribution in [-0.2, 0) is 9.53 Å². The third-order valence-electron chi connectivity index (χ3n) is 2.55. The molecule has 116 valence electrons. The van der Waals surface area contributed by atoms with E-state index in [0.29, 0.717) is 13.1 Å². The Labute approximate surface area is 122 Å². The van der Waals surface area contributed by atoms with Gasteiger partial charge in [0.2, 0.25) is 6.08 Å². The number of hydrogen-bond acceptors (Lipinski definition) is 4. The lowest BCUT2D eigenvalue weighted by Crippen LogP contribution is -2.39. The van der Waals surface area contributed by atoms with Crippen molar-refractivity contribution >= 4 is 12.2 Å². The minimum Gasteiger partial charge on any atom is -0.444 e. The summed E-state index contributed by atoms with van der Waals surface area (Å²) in [5, 5.41) is 0. The van der Waals surface area contributed by atoms with E-state index >= 15 is 0 Å². The minimum atomic E-state index is -0.521. The lowest BCUT2D eigenvalue weighted by atomic mass is 9.90. The Morgan fingerprint density at radius 3 is 2.20 bits per heavy atom. The Hall–Kier alpha value is -1.35. The molecule has 0 aromatic rings. The number of ether oxygens (including phenoxy) is 1. The zero-order valence-electron chi connectivity index (χ0n) is 13.7. The van der Waals surface area contributed by atoms with E-state index in [0.717, 1.165) is 12.8 Å². The van der Waals surface area contributed by atoms with Gasteiger partial charge >= 0.3 is 6.09 Å². The molecule has 0 aliphatic heterocycles. The predicted molar refractivity (Wildman–Crippen MR) is 79.5 cm³/mol. The fourth-order valence-corrected chi connectivity index (χ4v) is 1.64. The van der Waals surface area contributed by atoms with E-state index in [9.17, 15) is 9.59 Å². The van der Waals surface area contributed by atoms with Crippen LogP contribution in [0.1, 0.15) is 54.4 Å². The van der Waals surface area contributed by atoms with Gasteiger partial charge in [0.05, 0.1) is 6.54 Å². The van der Waals surface area contributed by atoms with Gasteiger partial charge < -0.3 is 9.64 Å². The van der Waals surface area contributed by atoms with Crippen LogP contribution >= 0.6 is 0 Å². The molecular weight excluding hydrogens is 256 g/mol. The molecule has 0 fully saturated rings. The predicted octanol–water partition coefficient (Wildman–Crippen LogP) is 3.39. The topological polar surface area (TPSA) is 59.0 Å². The summed E-state index contributed by atoms with van der Waals surface area (Å²) in [6, 6.07) is 0. The molecule has 5 heteroatoms. The van der Waals surface area contributed by atoms with Gasteiger partial charge in [0.15, 0.2) is 0 Å². The maximum absolute atomic E-state index is 12.1. The molecule has 0 aromatic heterocycles. The third-order valence-corrected chi connectivity index (χ3v) is 2.55. The lowest BCUT2D eigenvalue weighted by molar-refractivity contribution is 0.0248. The van der Waals surface area contributed by atoms with Gasteiger partial charge in [0, 0.05) is 13.1 Å². The first-order valence-corrected chi connectivity index (χ1v) is 7.07. The number of carbonyl (C=O) groups is 1. The van der Waals surface area contributed by atoms with Gasteiger partial charge in [0.25, 0.3) is 0 Å². The molecule has 0 aromatic carbocycles. The largest absolute Gasteiger partial charge is 0.444 e. The van der Waals surface area contributed by atoms with Crippen molar-refractivity contribution in [2.24, 2.45) is 10.4 Å². The quantitative estimate of drug-likeness (QED) is 0.555. The van der Waals surface area contributed by atoms with Crippen molar-refractivity contribution in [3.8, 4) is 0 Å². The summed E-state index contributed by atoms with van der Waals surface area (Å²) in [6.07, 6.45) is 3.05. The van der Waals surface area contributed by atoms with Crippen molar-refractivity contribution in [3.63, 3.8) is 0 Å². The SMILES string of the molecule is CC(C)(C)CCCN(CCN=C=O)C(=O)OC(C)(C)C. The summed E-state index contributed by atoms with van der Waals surface area (Å²) < 4.78 is 5.36. The molecule has 0 radical (unpaired) electrons. The molecule has 0 saturated carbocycles. The van der Waals surface area contributed by atoms with Gasteiger partial charge in [-0.15, -0.1) is 0 Å². The molecule has 0 saturated heterocycles. The van der Waals surface area contributed by atoms with Crippen molar-refractivity contribution in [3.05, 3.63) is 0 Å². The van der Waals surface area contributed by atoms with E-state index in [1.165, 1.54) is 6.08 Å². The van der Waals surface area contributed by atoms with Crippen LogP contribution in [0.4, 0.5) is 4.79 Å². The molecular formula is C15H28N2O3. The molecule has 0 N–H and O–H groups in total. The number of hydrogen-bond donors (Lipinski definition) is 0. The fraction of sp³-hybridized carbons (Fsp3) is 0.867. The van der Waals surface area contributed by atoms with E-state index in [-0.39, 0.29) is 18.1 Å². The Bertz CT molecular complexity index is 347. The van der Waals surface area contributed by atoms with Crippen LogP contribution in [0.5, 0.6) is 0 Å². The summed E-state index contributed by atoms with van der Waals surface area (Å²) in [7, 11) is 0. The van der Waals surface area contributed by atoms with E-state index in [4.69, 9.17) is 4.74 Å². The third kappa shape index (κ3) is 10.6. The monoisotopic (exact) mass is 284 g/mol. The highest BCUT2D eigenvalue weighted by atomic mass is 16.6. The van der Waals surface area contributed by atoms with Crippen LogP contribution in [0.25, 0.3) is 0 Å². The summed E-state index contributed by atoms with van der Waals surface area (Å²) in [4.78, 5) is 27.3. The van der Waals surface area contributed by atoms with Crippen molar-refractivity contribution in [1.82, 2.24) is 4.90 Å². The molecule has 0 rings (SSSR count). The average molecular weight is 284 g/mol. The minimum absolute atomic E-state index is 0.237. The number of aliphatic imine (C=N–C) groups is 1. The highest BCUT2D eigenvalue weighted by molar-refractivity contribution is 5.68. The molecule has 5 nitrogen and oxygen atoms in total. The van der Waals surface area contributed by atoms with E-state index in [1.54, 1.807) is 4.90 Å². The number of isocyanates is 1. The number of amides is 1. The standard InChI is InChI=1S/C15H28N2O3/c1-14(2,3)8-7-10-17(11-9-16-12-18)13(19)20-15(4,5)6/h7-11H2,1-6H3. The van der Waals surface area contributed by atoms with Gasteiger partial charge in [0.1, 0.15) is 5.60 Å². The highest BCUT2D eigenvalue weighted by Crippen LogP contribution is 2.21. The van der Waals surface area contributed by atoms with Crippen molar-refractivity contribution in [1.29, 1.82) is 0 Å². The van der Waals surface area contributed by atoms with Crippen LogP contribution in [-0.4, -0.2) is 42.3 Å². The van der Waals surface area contributed by atoms with Crippen LogP contribution < -0.4 is 0 Å². The molecule has 0 aliphatic carbocycles. The van der Waals surface area contributed by atoms with Crippen LogP contribution in [0, 0.1) is 5.41 Å². The summed E-state index contributed by atoms with van der Waals surface area (Å²) in [5.41, 5.74) is -0.284. The Morgan fingerprint density at radius 2 is 1.75 bits per heavy atom. The smallest absolute Gasteiger partial charge is 0.410 e. The Morgan fingerprint density at radius 1 is 1.15 bits per heavy atom. The van der Waals surface area contributed by atoms with E-state index < -0.39 is 5.60 Å².